The van der Waals surface area contributed by atoms with Crippen LogP contribution in [0.5, 0.6) is 11.5 Å². The molecule has 0 saturated heterocycles. The zero-order valence-corrected chi connectivity index (χ0v) is 13.5. The number of thiazole rings is 1. The molecule has 108 valence electrons. The summed E-state index contributed by atoms with van der Waals surface area (Å²) in [5, 5.41) is 2.36. The van der Waals surface area contributed by atoms with Crippen LogP contribution in [-0.2, 0) is 0 Å². The number of aromatic nitrogens is 1. The summed E-state index contributed by atoms with van der Waals surface area (Å²) in [5.41, 5.74) is 12.2. The highest BCUT2D eigenvalue weighted by Crippen LogP contribution is 2.35. The second-order valence-corrected chi connectivity index (χ2v) is 4.45. The fourth-order valence-electron chi connectivity index (χ4n) is 1.56. The van der Waals surface area contributed by atoms with Gasteiger partial charge >= 0.3 is 0 Å². The molecule has 0 aliphatic carbocycles. The van der Waals surface area contributed by atoms with E-state index in [-0.39, 0.29) is 22.9 Å². The molecule has 0 aliphatic rings. The highest BCUT2D eigenvalue weighted by molar-refractivity contribution is 8.93. The summed E-state index contributed by atoms with van der Waals surface area (Å²) >= 11 is 1.35. The molecule has 2 rings (SSSR count). The molecule has 0 amide bonds. The summed E-state index contributed by atoms with van der Waals surface area (Å²) in [4.78, 5) is 8.25. The fourth-order valence-corrected chi connectivity index (χ4v) is 2.27. The van der Waals surface area contributed by atoms with Crippen LogP contribution in [0, 0.1) is 0 Å². The standard InChI is InChI=1S/C12H14N4O2S.BrH/c1-17-7-3-4-10(18-2)8(5-7)9-6-19-12(15-9)16-11(13)14;/h3-6H,1-2H3,(H4,13,14,15,16);1H. The Morgan fingerprint density at radius 3 is 2.60 bits per heavy atom. The normalized spacial score (nSPS) is 9.50. The van der Waals surface area contributed by atoms with E-state index in [9.17, 15) is 0 Å². The third kappa shape index (κ3) is 3.61. The Labute approximate surface area is 131 Å². The zero-order chi connectivity index (χ0) is 13.8. The van der Waals surface area contributed by atoms with Crippen molar-refractivity contribution < 1.29 is 9.47 Å². The lowest BCUT2D eigenvalue weighted by atomic mass is 10.1. The maximum Gasteiger partial charge on any atom is 0.212 e. The highest BCUT2D eigenvalue weighted by Gasteiger charge is 2.11. The predicted octanol–water partition coefficient (Wildman–Crippen LogP) is 2.31. The molecule has 0 unspecified atom stereocenters. The largest absolute Gasteiger partial charge is 0.497 e. The molecular formula is C12H15BrN4O2S. The Balaban J connectivity index is 0.00000200. The first-order valence-electron chi connectivity index (χ1n) is 5.41. The van der Waals surface area contributed by atoms with E-state index >= 15 is 0 Å². The molecule has 4 N–H and O–H groups in total. The molecule has 20 heavy (non-hydrogen) atoms. The first kappa shape index (κ1) is 16.3. The molecule has 1 aromatic carbocycles. The first-order valence-corrected chi connectivity index (χ1v) is 6.29. The number of nitrogens with zero attached hydrogens (tertiary/aromatic N) is 2. The number of nitrogens with two attached hydrogens (primary N) is 2. The van der Waals surface area contributed by atoms with Crippen LogP contribution >= 0.6 is 28.3 Å². The first-order chi connectivity index (χ1) is 9.13. The van der Waals surface area contributed by atoms with E-state index in [0.29, 0.717) is 10.9 Å². The van der Waals surface area contributed by atoms with Crippen LogP contribution in [0.1, 0.15) is 0 Å². The molecular weight excluding hydrogens is 344 g/mol. The summed E-state index contributed by atoms with van der Waals surface area (Å²) in [6.07, 6.45) is 0. The minimum atomic E-state index is -0.0153. The Kier molecular flexibility index (Phi) is 5.78. The smallest absolute Gasteiger partial charge is 0.212 e. The Morgan fingerprint density at radius 1 is 1.25 bits per heavy atom. The molecule has 0 bridgehead atoms. The third-order valence-corrected chi connectivity index (χ3v) is 3.13. The number of hydrogen-bond acceptors (Lipinski definition) is 5. The van der Waals surface area contributed by atoms with Gasteiger partial charge in [0.2, 0.25) is 5.13 Å². The molecule has 0 radical (unpaired) electrons. The van der Waals surface area contributed by atoms with Crippen molar-refractivity contribution in [2.75, 3.05) is 14.2 Å². The quantitative estimate of drug-likeness (QED) is 0.645. The molecule has 0 spiro atoms. The van der Waals surface area contributed by atoms with Crippen molar-refractivity contribution in [2.24, 2.45) is 16.5 Å². The van der Waals surface area contributed by atoms with E-state index < -0.39 is 0 Å². The lowest BCUT2D eigenvalue weighted by Crippen LogP contribution is -2.21. The summed E-state index contributed by atoms with van der Waals surface area (Å²) < 4.78 is 10.5. The second-order valence-electron chi connectivity index (χ2n) is 3.62. The summed E-state index contributed by atoms with van der Waals surface area (Å²) in [6.45, 7) is 0. The molecule has 0 aliphatic heterocycles. The minimum absolute atomic E-state index is 0. The van der Waals surface area contributed by atoms with Crippen LogP contribution in [0.25, 0.3) is 11.3 Å². The van der Waals surface area contributed by atoms with E-state index in [1.807, 2.05) is 23.6 Å². The average molecular weight is 359 g/mol. The second kappa shape index (κ2) is 7.11. The van der Waals surface area contributed by atoms with Crippen molar-refractivity contribution in [3.8, 4) is 22.8 Å². The van der Waals surface area contributed by atoms with Crippen LogP contribution in [0.3, 0.4) is 0 Å². The van der Waals surface area contributed by atoms with Crippen molar-refractivity contribution in [1.29, 1.82) is 0 Å². The van der Waals surface area contributed by atoms with Crippen molar-refractivity contribution in [3.63, 3.8) is 0 Å². The van der Waals surface area contributed by atoms with E-state index in [2.05, 4.69) is 9.98 Å². The minimum Gasteiger partial charge on any atom is -0.497 e. The van der Waals surface area contributed by atoms with Gasteiger partial charge in [0.1, 0.15) is 11.5 Å². The molecule has 1 heterocycles. The Bertz CT molecular complexity index is 611. The molecule has 0 saturated carbocycles. The predicted molar refractivity (Wildman–Crippen MR) is 86.4 cm³/mol. The van der Waals surface area contributed by atoms with Crippen LogP contribution < -0.4 is 20.9 Å². The maximum atomic E-state index is 5.32. The number of benzene rings is 1. The van der Waals surface area contributed by atoms with Gasteiger partial charge in [0.05, 0.1) is 19.9 Å². The molecule has 2 aromatic rings. The lowest BCUT2D eigenvalue weighted by Gasteiger charge is -2.08. The van der Waals surface area contributed by atoms with Crippen molar-refractivity contribution in [2.45, 2.75) is 0 Å². The van der Waals surface area contributed by atoms with Gasteiger partial charge in [0, 0.05) is 10.9 Å². The molecule has 6 nitrogen and oxygen atoms in total. The van der Waals surface area contributed by atoms with Gasteiger partial charge in [-0.2, -0.15) is 4.99 Å². The third-order valence-electron chi connectivity index (χ3n) is 2.40. The van der Waals surface area contributed by atoms with Gasteiger partial charge in [0.25, 0.3) is 0 Å². The van der Waals surface area contributed by atoms with E-state index in [4.69, 9.17) is 20.9 Å². The fraction of sp³-hybridized carbons (Fsp3) is 0.167. The van der Waals surface area contributed by atoms with Crippen LogP contribution in [0.4, 0.5) is 5.13 Å². The van der Waals surface area contributed by atoms with Crippen molar-refractivity contribution in [1.82, 2.24) is 4.98 Å². The SMILES string of the molecule is Br.COc1ccc(OC)c(-c2csc(N=C(N)N)n2)c1. The topological polar surface area (TPSA) is 95.8 Å². The number of hydrogen-bond donors (Lipinski definition) is 2. The molecule has 8 heteroatoms. The van der Waals surface area contributed by atoms with Crippen molar-refractivity contribution >= 4 is 39.4 Å². The van der Waals surface area contributed by atoms with Gasteiger partial charge in [-0.1, -0.05) is 0 Å². The van der Waals surface area contributed by atoms with E-state index in [1.165, 1.54) is 11.3 Å². The van der Waals surface area contributed by atoms with Gasteiger partial charge < -0.3 is 20.9 Å². The Hall–Kier alpha value is -1.80. The summed E-state index contributed by atoms with van der Waals surface area (Å²) in [6, 6.07) is 5.51. The number of aliphatic imine (C=N–C) groups is 1. The number of methoxy groups -OCH3 is 2. The van der Waals surface area contributed by atoms with Gasteiger partial charge in [-0.05, 0) is 18.2 Å². The number of ether oxygens (including phenoxy) is 2. The van der Waals surface area contributed by atoms with Crippen LogP contribution in [0.2, 0.25) is 0 Å². The molecule has 0 atom stereocenters. The lowest BCUT2D eigenvalue weighted by molar-refractivity contribution is 0.404. The van der Waals surface area contributed by atoms with Crippen LogP contribution in [0.15, 0.2) is 28.6 Å². The summed E-state index contributed by atoms with van der Waals surface area (Å²) in [5.74, 6) is 1.42. The molecule has 1 aromatic heterocycles. The van der Waals surface area contributed by atoms with E-state index in [0.717, 1.165) is 17.0 Å². The Morgan fingerprint density at radius 2 is 2.00 bits per heavy atom. The van der Waals surface area contributed by atoms with Gasteiger partial charge in [-0.15, -0.1) is 28.3 Å². The number of halogens is 1. The van der Waals surface area contributed by atoms with Crippen molar-refractivity contribution in [3.05, 3.63) is 23.6 Å². The van der Waals surface area contributed by atoms with Gasteiger partial charge in [-0.3, -0.25) is 0 Å². The molecule has 0 fully saturated rings. The maximum absolute atomic E-state index is 5.32. The highest BCUT2D eigenvalue weighted by atomic mass is 79.9. The van der Waals surface area contributed by atoms with E-state index in [1.54, 1.807) is 14.2 Å². The van der Waals surface area contributed by atoms with Gasteiger partial charge in [-0.25, -0.2) is 4.98 Å². The summed E-state index contributed by atoms with van der Waals surface area (Å²) in [7, 11) is 3.21. The monoisotopic (exact) mass is 358 g/mol. The van der Waals surface area contributed by atoms with Gasteiger partial charge in [0.15, 0.2) is 5.96 Å². The van der Waals surface area contributed by atoms with Crippen LogP contribution in [-0.4, -0.2) is 25.2 Å². The number of guanidine groups is 1. The zero-order valence-electron chi connectivity index (χ0n) is 11.0. The number of rotatable bonds is 4. The average Bonchev–Trinajstić information content (AvgIpc) is 2.85.